The SMILES string of the molecule is CC1(N2Cc3ccc4c(c3C2=O)CNCC4)CCC(=O)NC1=O. The van der Waals surface area contributed by atoms with Gasteiger partial charge >= 0.3 is 0 Å². The maximum Gasteiger partial charge on any atom is 0.255 e. The third kappa shape index (κ3) is 2.01. The van der Waals surface area contributed by atoms with Gasteiger partial charge in [0.2, 0.25) is 5.91 Å². The molecule has 3 aliphatic rings. The number of benzene rings is 1. The normalized spacial score (nSPS) is 26.8. The first kappa shape index (κ1) is 14.4. The number of amides is 3. The molecule has 1 aromatic carbocycles. The average molecular weight is 313 g/mol. The molecule has 1 fully saturated rings. The van der Waals surface area contributed by atoms with E-state index in [1.165, 1.54) is 5.56 Å². The van der Waals surface area contributed by atoms with Gasteiger partial charge in [0.1, 0.15) is 5.54 Å². The van der Waals surface area contributed by atoms with Gasteiger partial charge in [-0.3, -0.25) is 19.7 Å². The first-order chi connectivity index (χ1) is 11.0. The van der Waals surface area contributed by atoms with Crippen LogP contribution < -0.4 is 10.6 Å². The second-order valence-electron chi connectivity index (χ2n) is 6.71. The molecule has 6 nitrogen and oxygen atoms in total. The van der Waals surface area contributed by atoms with Gasteiger partial charge in [-0.1, -0.05) is 12.1 Å². The van der Waals surface area contributed by atoms with Crippen LogP contribution in [0.15, 0.2) is 12.1 Å². The molecule has 3 heterocycles. The van der Waals surface area contributed by atoms with Crippen molar-refractivity contribution in [1.29, 1.82) is 0 Å². The summed E-state index contributed by atoms with van der Waals surface area (Å²) in [7, 11) is 0. The number of hydrogen-bond donors (Lipinski definition) is 2. The summed E-state index contributed by atoms with van der Waals surface area (Å²) in [6.07, 6.45) is 1.56. The van der Waals surface area contributed by atoms with E-state index in [9.17, 15) is 14.4 Å². The number of hydrogen-bond acceptors (Lipinski definition) is 4. The Kier molecular flexibility index (Phi) is 3.06. The Labute approximate surface area is 134 Å². The van der Waals surface area contributed by atoms with E-state index in [1.54, 1.807) is 11.8 Å². The lowest BCUT2D eigenvalue weighted by Gasteiger charge is -2.39. The molecule has 1 aromatic rings. The second-order valence-corrected chi connectivity index (χ2v) is 6.71. The summed E-state index contributed by atoms with van der Waals surface area (Å²) in [4.78, 5) is 38.5. The third-order valence-electron chi connectivity index (χ3n) is 5.33. The van der Waals surface area contributed by atoms with E-state index in [0.717, 1.165) is 29.7 Å². The van der Waals surface area contributed by atoms with Crippen molar-refractivity contribution in [1.82, 2.24) is 15.5 Å². The van der Waals surface area contributed by atoms with Gasteiger partial charge in [-0.15, -0.1) is 0 Å². The molecule has 0 radical (unpaired) electrons. The summed E-state index contributed by atoms with van der Waals surface area (Å²) < 4.78 is 0. The second kappa shape index (κ2) is 4.89. The van der Waals surface area contributed by atoms with Gasteiger partial charge in [-0.05, 0) is 43.0 Å². The Morgan fingerprint density at radius 2 is 1.91 bits per heavy atom. The highest BCUT2D eigenvalue weighted by Gasteiger charge is 2.49. The summed E-state index contributed by atoms with van der Waals surface area (Å²) in [5, 5.41) is 5.69. The first-order valence-electron chi connectivity index (χ1n) is 8.01. The van der Waals surface area contributed by atoms with E-state index >= 15 is 0 Å². The van der Waals surface area contributed by atoms with E-state index < -0.39 is 5.54 Å². The molecule has 1 unspecified atom stereocenters. The smallest absolute Gasteiger partial charge is 0.255 e. The fraction of sp³-hybridized carbons (Fsp3) is 0.471. The van der Waals surface area contributed by atoms with Gasteiger partial charge in [0.05, 0.1) is 0 Å². The van der Waals surface area contributed by atoms with Crippen LogP contribution in [0.25, 0.3) is 0 Å². The Bertz CT molecular complexity index is 743. The van der Waals surface area contributed by atoms with Crippen molar-refractivity contribution in [3.8, 4) is 0 Å². The van der Waals surface area contributed by atoms with Gasteiger partial charge in [-0.25, -0.2) is 0 Å². The predicted molar refractivity (Wildman–Crippen MR) is 82.5 cm³/mol. The van der Waals surface area contributed by atoms with Gasteiger partial charge < -0.3 is 10.2 Å². The fourth-order valence-corrected chi connectivity index (χ4v) is 3.84. The molecule has 3 amide bonds. The Morgan fingerprint density at radius 1 is 1.13 bits per heavy atom. The summed E-state index contributed by atoms with van der Waals surface area (Å²) in [6.45, 7) is 3.80. The van der Waals surface area contributed by atoms with E-state index in [4.69, 9.17) is 0 Å². The number of imide groups is 1. The zero-order chi connectivity index (χ0) is 16.2. The number of rotatable bonds is 1. The maximum absolute atomic E-state index is 13.0. The standard InChI is InChI=1S/C17H19N3O3/c1-17(6-4-13(21)19-16(17)23)20-9-11-3-2-10-5-7-18-8-12(10)14(11)15(20)22/h2-3,18H,4-9H2,1H3,(H,19,21,23). The van der Waals surface area contributed by atoms with E-state index in [-0.39, 0.29) is 24.1 Å². The predicted octanol–water partition coefficient (Wildman–Crippen LogP) is 0.483. The van der Waals surface area contributed by atoms with Crippen LogP contribution in [0.3, 0.4) is 0 Å². The Morgan fingerprint density at radius 3 is 2.70 bits per heavy atom. The molecule has 6 heteroatoms. The van der Waals surface area contributed by atoms with Crippen molar-refractivity contribution in [3.63, 3.8) is 0 Å². The summed E-state index contributed by atoms with van der Waals surface area (Å²) >= 11 is 0. The minimum absolute atomic E-state index is 0.0902. The highest BCUT2D eigenvalue weighted by atomic mass is 16.2. The van der Waals surface area contributed by atoms with Crippen molar-refractivity contribution in [2.45, 2.75) is 44.8 Å². The monoisotopic (exact) mass is 313 g/mol. The van der Waals surface area contributed by atoms with Gasteiger partial charge in [0.15, 0.2) is 0 Å². The Hall–Kier alpha value is -2.21. The van der Waals surface area contributed by atoms with Crippen molar-refractivity contribution >= 4 is 17.7 Å². The molecule has 0 spiro atoms. The number of carbonyl (C=O) groups is 3. The van der Waals surface area contributed by atoms with Crippen LogP contribution in [0.5, 0.6) is 0 Å². The van der Waals surface area contributed by atoms with Crippen molar-refractivity contribution in [2.24, 2.45) is 0 Å². The Balaban J connectivity index is 1.73. The summed E-state index contributed by atoms with van der Waals surface area (Å²) in [5.74, 6) is -0.729. The quantitative estimate of drug-likeness (QED) is 0.739. The highest BCUT2D eigenvalue weighted by Crippen LogP contribution is 2.36. The molecule has 3 aliphatic heterocycles. The fourth-order valence-electron chi connectivity index (χ4n) is 3.84. The molecule has 23 heavy (non-hydrogen) atoms. The first-order valence-corrected chi connectivity index (χ1v) is 8.01. The lowest BCUT2D eigenvalue weighted by atomic mass is 9.89. The minimum Gasteiger partial charge on any atom is -0.320 e. The van der Waals surface area contributed by atoms with Gasteiger partial charge in [-0.2, -0.15) is 0 Å². The molecule has 4 rings (SSSR count). The van der Waals surface area contributed by atoms with Crippen molar-refractivity contribution in [3.05, 3.63) is 34.4 Å². The molecule has 0 aliphatic carbocycles. The minimum atomic E-state index is -0.959. The molecule has 0 aromatic heterocycles. The molecule has 0 bridgehead atoms. The lowest BCUT2D eigenvalue weighted by Crippen LogP contribution is -2.61. The van der Waals surface area contributed by atoms with Gasteiger partial charge in [0.25, 0.3) is 11.8 Å². The van der Waals surface area contributed by atoms with Crippen molar-refractivity contribution in [2.75, 3.05) is 6.54 Å². The number of carbonyl (C=O) groups excluding carboxylic acids is 3. The molecular formula is C17H19N3O3. The van der Waals surface area contributed by atoms with Crippen LogP contribution in [0, 0.1) is 0 Å². The maximum atomic E-state index is 13.0. The summed E-state index contributed by atoms with van der Waals surface area (Å²) in [5.41, 5.74) is 3.05. The van der Waals surface area contributed by atoms with Crippen LogP contribution in [-0.2, 0) is 29.1 Å². The van der Waals surface area contributed by atoms with E-state index in [2.05, 4.69) is 16.7 Å². The number of nitrogens with zero attached hydrogens (tertiary/aromatic N) is 1. The van der Waals surface area contributed by atoms with Crippen LogP contribution in [0.2, 0.25) is 0 Å². The molecule has 120 valence electrons. The average Bonchev–Trinajstić information content (AvgIpc) is 2.89. The summed E-state index contributed by atoms with van der Waals surface area (Å²) in [6, 6.07) is 4.10. The topological polar surface area (TPSA) is 78.5 Å². The van der Waals surface area contributed by atoms with E-state index in [1.807, 2.05) is 6.07 Å². The number of fused-ring (bicyclic) bond motifs is 3. The van der Waals surface area contributed by atoms with Gasteiger partial charge in [0, 0.05) is 25.1 Å². The highest BCUT2D eigenvalue weighted by molar-refractivity contribution is 6.08. The lowest BCUT2D eigenvalue weighted by molar-refractivity contribution is -0.142. The zero-order valence-electron chi connectivity index (χ0n) is 13.1. The molecule has 1 atom stereocenters. The zero-order valence-corrected chi connectivity index (χ0v) is 13.1. The van der Waals surface area contributed by atoms with Crippen molar-refractivity contribution < 1.29 is 14.4 Å². The number of nitrogens with one attached hydrogen (secondary N) is 2. The molecule has 2 N–H and O–H groups in total. The van der Waals surface area contributed by atoms with Crippen LogP contribution in [-0.4, -0.2) is 34.7 Å². The van der Waals surface area contributed by atoms with E-state index in [0.29, 0.717) is 19.5 Å². The van der Waals surface area contributed by atoms with Crippen LogP contribution in [0.1, 0.15) is 46.8 Å². The molecular weight excluding hydrogens is 294 g/mol. The molecule has 1 saturated heterocycles. The third-order valence-corrected chi connectivity index (χ3v) is 5.33. The van der Waals surface area contributed by atoms with Crippen LogP contribution in [0.4, 0.5) is 0 Å². The number of piperidine rings is 1. The largest absolute Gasteiger partial charge is 0.320 e. The molecule has 0 saturated carbocycles. The van der Waals surface area contributed by atoms with Crippen LogP contribution >= 0.6 is 0 Å².